The highest BCUT2D eigenvalue weighted by Gasteiger charge is 2.63. The van der Waals surface area contributed by atoms with Gasteiger partial charge in [0.25, 0.3) is 17.7 Å². The summed E-state index contributed by atoms with van der Waals surface area (Å²) in [6, 6.07) is 13.9. The molecule has 7 heteroatoms. The summed E-state index contributed by atoms with van der Waals surface area (Å²) in [7, 11) is 0. The Labute approximate surface area is 191 Å². The largest absolute Gasteiger partial charge is 0.292 e. The molecule has 2 aromatic carbocycles. The van der Waals surface area contributed by atoms with Crippen molar-refractivity contribution in [3.05, 3.63) is 70.7 Å². The van der Waals surface area contributed by atoms with Gasteiger partial charge in [0.15, 0.2) is 5.78 Å². The number of carbonyl (C=O) groups excluding carboxylic acids is 4. The molecule has 2 bridgehead atoms. The number of Topliss-reactive ketones (excluding diaryl/α,β-unsaturated/α-hetero) is 1. The van der Waals surface area contributed by atoms with E-state index in [2.05, 4.69) is 0 Å². The summed E-state index contributed by atoms with van der Waals surface area (Å²) in [6.07, 6.45) is 2.74. The molecular formula is C25H23ClN2O4. The SMILES string of the molecule is C[C@H](C(=O)c1ccccc1)N(C(=O)c1ccccc1Cl)N1C(=O)[C@H]2[C@H]3CC[C@@H](C3)[C@@H]2C1=O. The number of hydrogen-bond acceptors (Lipinski definition) is 4. The van der Waals surface area contributed by atoms with E-state index < -0.39 is 23.8 Å². The monoisotopic (exact) mass is 450 g/mol. The van der Waals surface area contributed by atoms with Crippen LogP contribution >= 0.6 is 11.6 Å². The topological polar surface area (TPSA) is 74.8 Å². The Morgan fingerprint density at radius 3 is 2.09 bits per heavy atom. The Kier molecular flexibility index (Phi) is 5.13. The zero-order chi connectivity index (χ0) is 22.6. The van der Waals surface area contributed by atoms with Gasteiger partial charge >= 0.3 is 0 Å². The van der Waals surface area contributed by atoms with Crippen LogP contribution in [0, 0.1) is 23.7 Å². The van der Waals surface area contributed by atoms with E-state index in [0.717, 1.165) is 29.3 Å². The first-order valence-electron chi connectivity index (χ1n) is 10.9. The highest BCUT2D eigenvalue weighted by atomic mass is 35.5. The van der Waals surface area contributed by atoms with Gasteiger partial charge in [0.1, 0.15) is 6.04 Å². The van der Waals surface area contributed by atoms with Gasteiger partial charge in [-0.2, -0.15) is 5.01 Å². The van der Waals surface area contributed by atoms with E-state index in [9.17, 15) is 19.2 Å². The van der Waals surface area contributed by atoms with Crippen molar-refractivity contribution in [3.8, 4) is 0 Å². The van der Waals surface area contributed by atoms with Crippen molar-refractivity contribution in [2.24, 2.45) is 23.7 Å². The predicted molar refractivity (Wildman–Crippen MR) is 118 cm³/mol. The van der Waals surface area contributed by atoms with Crippen LogP contribution in [0.15, 0.2) is 54.6 Å². The fourth-order valence-electron chi connectivity index (χ4n) is 5.76. The summed E-state index contributed by atoms with van der Waals surface area (Å²) < 4.78 is 0. The maximum Gasteiger partial charge on any atom is 0.275 e. The third-order valence-corrected chi connectivity index (χ3v) is 7.57. The molecule has 2 aliphatic carbocycles. The normalized spacial score (nSPS) is 26.9. The lowest BCUT2D eigenvalue weighted by Crippen LogP contribution is -2.57. The van der Waals surface area contributed by atoms with Crippen molar-refractivity contribution >= 4 is 35.1 Å². The number of carbonyl (C=O) groups is 4. The predicted octanol–water partition coefficient (Wildman–Crippen LogP) is 4.00. The average Bonchev–Trinajstić information content (AvgIpc) is 3.49. The van der Waals surface area contributed by atoms with Gasteiger partial charge in [-0.15, -0.1) is 0 Å². The number of benzene rings is 2. The molecule has 3 amide bonds. The lowest BCUT2D eigenvalue weighted by atomic mass is 9.81. The quantitative estimate of drug-likeness (QED) is 0.509. The first-order valence-corrected chi connectivity index (χ1v) is 11.3. The first-order chi connectivity index (χ1) is 15.4. The third kappa shape index (κ3) is 3.08. The molecule has 5 atom stereocenters. The highest BCUT2D eigenvalue weighted by molar-refractivity contribution is 6.34. The van der Waals surface area contributed by atoms with Crippen LogP contribution in [-0.2, 0) is 9.59 Å². The van der Waals surface area contributed by atoms with Gasteiger partial charge in [-0.05, 0) is 50.2 Å². The molecule has 1 saturated heterocycles. The molecule has 32 heavy (non-hydrogen) atoms. The molecule has 0 N–H and O–H groups in total. The van der Waals surface area contributed by atoms with Crippen LogP contribution in [0.3, 0.4) is 0 Å². The van der Waals surface area contributed by atoms with Crippen molar-refractivity contribution in [2.75, 3.05) is 0 Å². The number of hydrazine groups is 1. The summed E-state index contributed by atoms with van der Waals surface area (Å²) in [5.41, 5.74) is 0.541. The molecule has 0 aromatic heterocycles. The van der Waals surface area contributed by atoms with Crippen molar-refractivity contribution in [1.82, 2.24) is 10.0 Å². The highest BCUT2D eigenvalue weighted by Crippen LogP contribution is 2.56. The minimum absolute atomic E-state index is 0.141. The van der Waals surface area contributed by atoms with E-state index >= 15 is 0 Å². The second-order valence-corrected chi connectivity index (χ2v) is 9.32. The van der Waals surface area contributed by atoms with E-state index in [-0.39, 0.29) is 40.0 Å². The summed E-state index contributed by atoms with van der Waals surface area (Å²) >= 11 is 6.28. The number of nitrogens with zero attached hydrogens (tertiary/aromatic N) is 2. The van der Waals surface area contributed by atoms with E-state index in [4.69, 9.17) is 11.6 Å². The van der Waals surface area contributed by atoms with Gasteiger partial charge in [0, 0.05) is 5.56 Å². The zero-order valence-electron chi connectivity index (χ0n) is 17.6. The van der Waals surface area contributed by atoms with Crippen LogP contribution in [0.4, 0.5) is 0 Å². The van der Waals surface area contributed by atoms with E-state index in [1.165, 1.54) is 6.07 Å². The maximum absolute atomic E-state index is 13.7. The lowest BCUT2D eigenvalue weighted by Gasteiger charge is -2.35. The lowest BCUT2D eigenvalue weighted by molar-refractivity contribution is -0.157. The summed E-state index contributed by atoms with van der Waals surface area (Å²) in [5, 5.41) is 2.19. The summed E-state index contributed by atoms with van der Waals surface area (Å²) in [5.74, 6) is -2.20. The number of hydrogen-bond donors (Lipinski definition) is 0. The van der Waals surface area contributed by atoms with Gasteiger partial charge in [0.2, 0.25) is 0 Å². The molecule has 3 aliphatic rings. The van der Waals surface area contributed by atoms with Crippen LogP contribution in [0.2, 0.25) is 5.02 Å². The molecule has 3 fully saturated rings. The Morgan fingerprint density at radius 1 is 0.938 bits per heavy atom. The fraction of sp³-hybridized carbons (Fsp3) is 0.360. The van der Waals surface area contributed by atoms with Gasteiger partial charge < -0.3 is 0 Å². The Hall–Kier alpha value is -2.99. The van der Waals surface area contributed by atoms with Gasteiger partial charge in [-0.25, -0.2) is 5.01 Å². The van der Waals surface area contributed by atoms with Crippen molar-refractivity contribution in [2.45, 2.75) is 32.2 Å². The van der Waals surface area contributed by atoms with Crippen molar-refractivity contribution < 1.29 is 19.2 Å². The molecular weight excluding hydrogens is 428 g/mol. The van der Waals surface area contributed by atoms with E-state index in [1.54, 1.807) is 55.5 Å². The molecule has 1 aliphatic heterocycles. The fourth-order valence-corrected chi connectivity index (χ4v) is 5.97. The van der Waals surface area contributed by atoms with Crippen molar-refractivity contribution in [1.29, 1.82) is 0 Å². The van der Waals surface area contributed by atoms with Crippen LogP contribution in [0.1, 0.15) is 46.9 Å². The van der Waals surface area contributed by atoms with Crippen molar-refractivity contribution in [3.63, 3.8) is 0 Å². The van der Waals surface area contributed by atoms with Crippen LogP contribution in [0.25, 0.3) is 0 Å². The maximum atomic E-state index is 13.7. The van der Waals surface area contributed by atoms with Crippen LogP contribution in [-0.4, -0.2) is 39.6 Å². The molecule has 164 valence electrons. The smallest absolute Gasteiger partial charge is 0.275 e. The van der Waals surface area contributed by atoms with Gasteiger partial charge in [0.05, 0.1) is 22.4 Å². The summed E-state index contributed by atoms with van der Waals surface area (Å²) in [4.78, 5) is 53.9. The Balaban J connectivity index is 1.56. The molecule has 0 unspecified atom stereocenters. The second kappa shape index (κ2) is 7.85. The minimum Gasteiger partial charge on any atom is -0.292 e. The number of rotatable bonds is 5. The van der Waals surface area contributed by atoms with Gasteiger partial charge in [-0.1, -0.05) is 54.1 Å². The third-order valence-electron chi connectivity index (χ3n) is 7.24. The molecule has 0 radical (unpaired) electrons. The molecule has 1 heterocycles. The number of ketones is 1. The van der Waals surface area contributed by atoms with Gasteiger partial charge in [-0.3, -0.25) is 19.2 Å². The number of halogens is 1. The average molecular weight is 451 g/mol. The number of imide groups is 1. The summed E-state index contributed by atoms with van der Waals surface area (Å²) in [6.45, 7) is 1.55. The van der Waals surface area contributed by atoms with E-state index in [1.807, 2.05) is 0 Å². The second-order valence-electron chi connectivity index (χ2n) is 8.91. The van der Waals surface area contributed by atoms with E-state index in [0.29, 0.717) is 5.56 Å². The molecule has 0 spiro atoms. The molecule has 6 nitrogen and oxygen atoms in total. The van der Waals surface area contributed by atoms with Crippen LogP contribution < -0.4 is 0 Å². The van der Waals surface area contributed by atoms with Crippen LogP contribution in [0.5, 0.6) is 0 Å². The molecule has 2 aromatic rings. The Morgan fingerprint density at radius 2 is 1.50 bits per heavy atom. The Bertz CT molecular complexity index is 1090. The number of fused-ring (bicyclic) bond motifs is 5. The molecule has 2 saturated carbocycles. The zero-order valence-corrected chi connectivity index (χ0v) is 18.4. The first kappa shape index (κ1) is 20.9. The molecule has 5 rings (SSSR count). The minimum atomic E-state index is -1.06. The number of amides is 3. The standard InChI is InChI=1S/C25H23ClN2O4/c1-14(22(29)15-7-3-2-4-8-15)27(23(30)18-9-5-6-10-19(18)26)28-24(31)20-16-11-12-17(13-16)21(20)25(28)32/h2-10,14,16-17,20-21H,11-13H2,1H3/t14-,16+,17+,20+,21+/m1/s1.